The van der Waals surface area contributed by atoms with Gasteiger partial charge in [0.2, 0.25) is 5.91 Å². The van der Waals surface area contributed by atoms with Crippen LogP contribution in [0, 0.1) is 5.41 Å². The molecule has 1 amide bonds. The summed E-state index contributed by atoms with van der Waals surface area (Å²) in [4.78, 5) is 24.7. The fraction of sp³-hybridized carbons (Fsp3) is 0.333. The molecule has 1 atom stereocenters. The Labute approximate surface area is 153 Å². The first-order chi connectivity index (χ1) is 12.5. The van der Waals surface area contributed by atoms with Crippen LogP contribution in [0.4, 0.5) is 0 Å². The molecule has 1 aliphatic rings. The van der Waals surface area contributed by atoms with Gasteiger partial charge in [-0.15, -0.1) is 0 Å². The molecular weight excluding hydrogens is 330 g/mol. The van der Waals surface area contributed by atoms with Gasteiger partial charge in [-0.3, -0.25) is 9.59 Å². The molecule has 0 saturated heterocycles. The van der Waals surface area contributed by atoms with E-state index in [1.807, 2.05) is 54.6 Å². The second-order valence-corrected chi connectivity index (χ2v) is 6.87. The number of methoxy groups -OCH3 is 1. The first-order valence-electron chi connectivity index (χ1n) is 8.67. The van der Waals surface area contributed by atoms with E-state index in [0.29, 0.717) is 19.4 Å². The molecule has 2 aromatic rings. The van der Waals surface area contributed by atoms with E-state index in [1.165, 1.54) is 0 Å². The molecule has 26 heavy (non-hydrogen) atoms. The maximum Gasteiger partial charge on any atom is 0.310 e. The molecule has 1 unspecified atom stereocenters. The number of rotatable bonds is 7. The minimum Gasteiger partial charge on any atom is -0.481 e. The first kappa shape index (κ1) is 18.1. The summed E-state index contributed by atoms with van der Waals surface area (Å²) in [5, 5.41) is 12.8. The molecule has 0 heterocycles. The number of aliphatic carboxylic acids is 1. The van der Waals surface area contributed by atoms with E-state index < -0.39 is 11.4 Å². The summed E-state index contributed by atoms with van der Waals surface area (Å²) in [6.07, 6.45) is 0.711. The average Bonchev–Trinajstić information content (AvgIpc) is 3.01. The third-order valence-electron chi connectivity index (χ3n) is 5.00. The van der Waals surface area contributed by atoms with Crippen molar-refractivity contribution < 1.29 is 19.4 Å². The molecule has 0 saturated carbocycles. The average molecular weight is 353 g/mol. The summed E-state index contributed by atoms with van der Waals surface area (Å²) in [6, 6.07) is 16.9. The predicted molar refractivity (Wildman–Crippen MR) is 97.7 cm³/mol. The first-order valence-corrected chi connectivity index (χ1v) is 8.67. The Morgan fingerprint density at radius 1 is 1.08 bits per heavy atom. The summed E-state index contributed by atoms with van der Waals surface area (Å²) in [5.74, 6) is -1.20. The van der Waals surface area contributed by atoms with Crippen LogP contribution in [0.15, 0.2) is 54.6 Å². The molecule has 0 aliphatic heterocycles. The Morgan fingerprint density at radius 3 is 2.19 bits per heavy atom. The van der Waals surface area contributed by atoms with Gasteiger partial charge in [-0.2, -0.15) is 0 Å². The number of carbonyl (C=O) groups is 2. The number of ether oxygens (including phenoxy) is 1. The Hall–Kier alpha value is -2.66. The van der Waals surface area contributed by atoms with Gasteiger partial charge in [0.25, 0.3) is 0 Å². The maximum absolute atomic E-state index is 12.7. The number of benzene rings is 2. The number of nitrogens with one attached hydrogen (secondary N) is 1. The maximum atomic E-state index is 12.7. The van der Waals surface area contributed by atoms with Gasteiger partial charge >= 0.3 is 5.97 Å². The highest BCUT2D eigenvalue weighted by Crippen LogP contribution is 2.40. The van der Waals surface area contributed by atoms with Crippen molar-refractivity contribution in [3.63, 3.8) is 0 Å². The van der Waals surface area contributed by atoms with E-state index in [9.17, 15) is 14.7 Å². The van der Waals surface area contributed by atoms with Crippen LogP contribution in [0.2, 0.25) is 0 Å². The lowest BCUT2D eigenvalue weighted by Crippen LogP contribution is -2.40. The van der Waals surface area contributed by atoms with Crippen LogP contribution < -0.4 is 5.32 Å². The van der Waals surface area contributed by atoms with Crippen LogP contribution in [0.1, 0.15) is 29.2 Å². The Morgan fingerprint density at radius 2 is 1.65 bits per heavy atom. The van der Waals surface area contributed by atoms with Gasteiger partial charge in [0.05, 0.1) is 18.1 Å². The van der Waals surface area contributed by atoms with E-state index in [1.54, 1.807) is 7.11 Å². The number of carboxylic acids is 1. The molecule has 2 N–H and O–H groups in total. The molecule has 1 aliphatic carbocycles. The van der Waals surface area contributed by atoms with Crippen molar-refractivity contribution in [1.29, 1.82) is 0 Å². The minimum absolute atomic E-state index is 0.0515. The summed E-state index contributed by atoms with van der Waals surface area (Å²) in [5.41, 5.74) is 1.88. The SMILES string of the molecule is COCC(NC(=O)CC1(C(=O)O)Cc2ccccc2C1)c1ccccc1. The van der Waals surface area contributed by atoms with E-state index in [0.717, 1.165) is 16.7 Å². The lowest BCUT2D eigenvalue weighted by molar-refractivity contribution is -0.151. The molecule has 0 aromatic heterocycles. The van der Waals surface area contributed by atoms with Gasteiger partial charge in [-0.1, -0.05) is 54.6 Å². The zero-order chi connectivity index (χ0) is 18.6. The molecule has 0 spiro atoms. The number of fused-ring (bicyclic) bond motifs is 1. The van der Waals surface area contributed by atoms with E-state index in [-0.39, 0.29) is 18.4 Å². The minimum atomic E-state index is -1.08. The van der Waals surface area contributed by atoms with E-state index in [2.05, 4.69) is 5.32 Å². The lowest BCUT2D eigenvalue weighted by Gasteiger charge is -2.25. The van der Waals surface area contributed by atoms with Gasteiger partial charge < -0.3 is 15.2 Å². The molecule has 2 aromatic carbocycles. The third-order valence-corrected chi connectivity index (χ3v) is 5.00. The van der Waals surface area contributed by atoms with Crippen molar-refractivity contribution in [3.05, 3.63) is 71.3 Å². The molecule has 0 bridgehead atoms. The zero-order valence-corrected chi connectivity index (χ0v) is 14.8. The fourth-order valence-corrected chi connectivity index (χ4v) is 3.67. The second kappa shape index (κ2) is 7.70. The normalized spacial score (nSPS) is 15.9. The van der Waals surface area contributed by atoms with Gasteiger partial charge in [-0.05, 0) is 29.5 Å². The van der Waals surface area contributed by atoms with Gasteiger partial charge in [-0.25, -0.2) is 0 Å². The highest BCUT2D eigenvalue weighted by molar-refractivity contribution is 5.86. The molecule has 0 fully saturated rings. The van der Waals surface area contributed by atoms with E-state index in [4.69, 9.17) is 4.74 Å². The zero-order valence-electron chi connectivity index (χ0n) is 14.8. The fourth-order valence-electron chi connectivity index (χ4n) is 3.67. The smallest absolute Gasteiger partial charge is 0.310 e. The Kier molecular flexibility index (Phi) is 5.38. The summed E-state index contributed by atoms with van der Waals surface area (Å²) >= 11 is 0. The van der Waals surface area contributed by atoms with Crippen molar-refractivity contribution in [1.82, 2.24) is 5.32 Å². The summed E-state index contributed by atoms with van der Waals surface area (Å²) in [6.45, 7) is 0.329. The van der Waals surface area contributed by atoms with Crippen molar-refractivity contribution in [2.75, 3.05) is 13.7 Å². The van der Waals surface area contributed by atoms with Crippen LogP contribution in [0.3, 0.4) is 0 Å². The summed E-state index contributed by atoms with van der Waals surface area (Å²) < 4.78 is 5.22. The highest BCUT2D eigenvalue weighted by atomic mass is 16.5. The number of carbonyl (C=O) groups excluding carboxylic acids is 1. The van der Waals surface area contributed by atoms with Gasteiger partial charge in [0.1, 0.15) is 0 Å². The van der Waals surface area contributed by atoms with Crippen LogP contribution >= 0.6 is 0 Å². The van der Waals surface area contributed by atoms with Crippen LogP contribution in [-0.2, 0) is 27.2 Å². The van der Waals surface area contributed by atoms with E-state index >= 15 is 0 Å². The molecule has 0 radical (unpaired) electrons. The Balaban J connectivity index is 1.74. The summed E-state index contributed by atoms with van der Waals surface area (Å²) in [7, 11) is 1.58. The van der Waals surface area contributed by atoms with Gasteiger partial charge in [0, 0.05) is 13.5 Å². The number of amides is 1. The predicted octanol–water partition coefficient (Wildman–Crippen LogP) is 2.75. The van der Waals surface area contributed by atoms with Crippen molar-refractivity contribution in [2.45, 2.75) is 25.3 Å². The second-order valence-electron chi connectivity index (χ2n) is 6.87. The van der Waals surface area contributed by atoms with Crippen LogP contribution in [0.25, 0.3) is 0 Å². The van der Waals surface area contributed by atoms with Crippen LogP contribution in [-0.4, -0.2) is 30.7 Å². The highest BCUT2D eigenvalue weighted by Gasteiger charge is 2.45. The number of hydrogen-bond donors (Lipinski definition) is 2. The lowest BCUT2D eigenvalue weighted by atomic mass is 9.81. The topological polar surface area (TPSA) is 75.6 Å². The third kappa shape index (κ3) is 3.78. The number of carboxylic acid groups (broad SMARTS) is 1. The monoisotopic (exact) mass is 353 g/mol. The quantitative estimate of drug-likeness (QED) is 0.803. The molecule has 5 heteroatoms. The van der Waals surface area contributed by atoms with Crippen molar-refractivity contribution in [2.24, 2.45) is 5.41 Å². The standard InChI is InChI=1S/C21H23NO4/c1-26-14-18(15-7-3-2-4-8-15)22-19(23)13-21(20(24)25)11-16-9-5-6-10-17(16)12-21/h2-10,18H,11-14H2,1H3,(H,22,23)(H,24,25). The Bertz CT molecular complexity index is 763. The largest absolute Gasteiger partial charge is 0.481 e. The molecule has 5 nitrogen and oxygen atoms in total. The van der Waals surface area contributed by atoms with Gasteiger partial charge in [0.15, 0.2) is 0 Å². The number of hydrogen-bond acceptors (Lipinski definition) is 3. The molecule has 136 valence electrons. The van der Waals surface area contributed by atoms with Crippen molar-refractivity contribution >= 4 is 11.9 Å². The molecular formula is C21H23NO4. The van der Waals surface area contributed by atoms with Crippen LogP contribution in [0.5, 0.6) is 0 Å². The van der Waals surface area contributed by atoms with Crippen molar-refractivity contribution in [3.8, 4) is 0 Å². The molecule has 3 rings (SSSR count).